The second-order valence-electron chi connectivity index (χ2n) is 7.22. The van der Waals surface area contributed by atoms with Crippen LogP contribution in [0.1, 0.15) is 34.5 Å². The minimum Gasteiger partial charge on any atom is -0.496 e. The van der Waals surface area contributed by atoms with Gasteiger partial charge in [-0.15, -0.1) is 0 Å². The van der Waals surface area contributed by atoms with E-state index < -0.39 is 41.1 Å². The highest BCUT2D eigenvalue weighted by atomic mass is 19.4. The largest absolute Gasteiger partial charge is 0.496 e. The van der Waals surface area contributed by atoms with Crippen molar-refractivity contribution < 1.29 is 31.5 Å². The third kappa shape index (κ3) is 4.78. The second-order valence-corrected chi connectivity index (χ2v) is 7.22. The molecule has 0 saturated heterocycles. The van der Waals surface area contributed by atoms with Gasteiger partial charge in [0, 0.05) is 12.1 Å². The number of aromatic nitrogens is 2. The molecule has 0 aliphatic rings. The van der Waals surface area contributed by atoms with Crippen LogP contribution >= 0.6 is 0 Å². The monoisotopic (exact) mass is 479 g/mol. The molecule has 12 heteroatoms. The van der Waals surface area contributed by atoms with Crippen LogP contribution in [-0.2, 0) is 6.54 Å². The van der Waals surface area contributed by atoms with Gasteiger partial charge in [-0.3, -0.25) is 4.79 Å². The lowest BCUT2D eigenvalue weighted by Gasteiger charge is -2.17. The molecule has 1 unspecified atom stereocenters. The van der Waals surface area contributed by atoms with Crippen molar-refractivity contribution in [1.82, 2.24) is 15.1 Å². The third-order valence-corrected chi connectivity index (χ3v) is 5.05. The minimum absolute atomic E-state index is 0.0574. The number of methoxy groups -OCH3 is 1. The van der Waals surface area contributed by atoms with Crippen LogP contribution in [0, 0.1) is 23.0 Å². The van der Waals surface area contributed by atoms with Crippen LogP contribution in [0.5, 0.6) is 5.75 Å². The Morgan fingerprint density at radius 3 is 2.56 bits per heavy atom. The quantitative estimate of drug-likeness (QED) is 0.512. The number of nitriles is 1. The van der Waals surface area contributed by atoms with Gasteiger partial charge >= 0.3 is 6.18 Å². The molecule has 0 aliphatic carbocycles. The van der Waals surface area contributed by atoms with Gasteiger partial charge in [0.1, 0.15) is 46.6 Å². The van der Waals surface area contributed by atoms with E-state index in [1.54, 1.807) is 6.07 Å². The van der Waals surface area contributed by atoms with Crippen molar-refractivity contribution in [3.05, 3.63) is 64.7 Å². The number of nitrogens with two attached hydrogens (primary N) is 1. The van der Waals surface area contributed by atoms with Crippen LogP contribution in [0.15, 0.2) is 36.4 Å². The highest BCUT2D eigenvalue weighted by Gasteiger charge is 2.40. The predicted molar refractivity (Wildman–Crippen MR) is 112 cm³/mol. The van der Waals surface area contributed by atoms with Crippen molar-refractivity contribution in [3.63, 3.8) is 0 Å². The first kappa shape index (κ1) is 24.5. The summed E-state index contributed by atoms with van der Waals surface area (Å²) in [5.74, 6) is -2.60. The first-order valence-corrected chi connectivity index (χ1v) is 9.73. The van der Waals surface area contributed by atoms with Gasteiger partial charge in [-0.05, 0) is 42.8 Å². The maximum absolute atomic E-state index is 14.8. The number of ether oxygens (including phenoxy) is 1. The fourth-order valence-electron chi connectivity index (χ4n) is 3.18. The number of nitrogens with zero attached hydrogens (tertiary/aromatic N) is 3. The summed E-state index contributed by atoms with van der Waals surface area (Å²) in [6, 6.07) is 6.57. The third-order valence-electron chi connectivity index (χ3n) is 5.05. The molecule has 3 N–H and O–H groups in total. The molecule has 0 aliphatic heterocycles. The molecular formula is C22H18F5N5O2. The SMILES string of the molecule is COc1ccc(F)cc1C(=O)NCc1ccc(-c2nn(C(C)C(F)(F)F)c(N)c2C#N)c(F)c1. The van der Waals surface area contributed by atoms with E-state index in [4.69, 9.17) is 10.5 Å². The van der Waals surface area contributed by atoms with Gasteiger partial charge in [0.05, 0.1) is 12.7 Å². The molecule has 0 fully saturated rings. The Morgan fingerprint density at radius 1 is 1.26 bits per heavy atom. The fourth-order valence-corrected chi connectivity index (χ4v) is 3.18. The number of hydrogen-bond donors (Lipinski definition) is 2. The summed E-state index contributed by atoms with van der Waals surface area (Å²) in [7, 11) is 1.32. The summed E-state index contributed by atoms with van der Waals surface area (Å²) >= 11 is 0. The average molecular weight is 479 g/mol. The highest BCUT2D eigenvalue weighted by molar-refractivity contribution is 5.96. The molecule has 3 rings (SSSR count). The Bertz CT molecular complexity index is 1280. The van der Waals surface area contributed by atoms with Crippen molar-refractivity contribution in [2.24, 2.45) is 0 Å². The Labute approximate surface area is 190 Å². The second kappa shape index (κ2) is 9.38. The van der Waals surface area contributed by atoms with Crippen LogP contribution in [-0.4, -0.2) is 29.0 Å². The topological polar surface area (TPSA) is 106 Å². The van der Waals surface area contributed by atoms with Crippen molar-refractivity contribution in [2.75, 3.05) is 12.8 Å². The zero-order valence-corrected chi connectivity index (χ0v) is 17.9. The van der Waals surface area contributed by atoms with Gasteiger partial charge in [-0.25, -0.2) is 13.5 Å². The van der Waals surface area contributed by atoms with E-state index in [0.29, 0.717) is 10.2 Å². The number of halogens is 5. The van der Waals surface area contributed by atoms with Crippen LogP contribution < -0.4 is 15.8 Å². The number of benzene rings is 2. The van der Waals surface area contributed by atoms with Gasteiger partial charge in [-0.1, -0.05) is 6.07 Å². The zero-order valence-electron chi connectivity index (χ0n) is 17.9. The van der Waals surface area contributed by atoms with E-state index in [-0.39, 0.29) is 29.1 Å². The molecule has 7 nitrogen and oxygen atoms in total. The smallest absolute Gasteiger partial charge is 0.410 e. The van der Waals surface area contributed by atoms with Crippen LogP contribution in [0.25, 0.3) is 11.3 Å². The highest BCUT2D eigenvalue weighted by Crippen LogP contribution is 2.36. The van der Waals surface area contributed by atoms with Crippen LogP contribution in [0.3, 0.4) is 0 Å². The van der Waals surface area contributed by atoms with Gasteiger partial charge in [0.2, 0.25) is 0 Å². The van der Waals surface area contributed by atoms with Gasteiger partial charge in [0.25, 0.3) is 5.91 Å². The lowest BCUT2D eigenvalue weighted by atomic mass is 10.0. The summed E-state index contributed by atoms with van der Waals surface area (Å²) in [6.45, 7) is 0.659. The number of amides is 1. The number of nitrogens with one attached hydrogen (secondary N) is 1. The molecule has 1 amide bonds. The minimum atomic E-state index is -4.69. The number of carbonyl (C=O) groups is 1. The van der Waals surface area contributed by atoms with Gasteiger partial charge < -0.3 is 15.8 Å². The average Bonchev–Trinajstić information content (AvgIpc) is 3.11. The molecule has 0 bridgehead atoms. The molecule has 1 heterocycles. The lowest BCUT2D eigenvalue weighted by molar-refractivity contribution is -0.164. The van der Waals surface area contributed by atoms with Crippen molar-refractivity contribution in [3.8, 4) is 23.1 Å². The van der Waals surface area contributed by atoms with Crippen molar-refractivity contribution >= 4 is 11.7 Å². The molecule has 3 aromatic rings. The van der Waals surface area contributed by atoms with E-state index in [1.807, 2.05) is 0 Å². The van der Waals surface area contributed by atoms with E-state index in [1.165, 1.54) is 25.3 Å². The Balaban J connectivity index is 1.86. The Hall–Kier alpha value is -4.14. The molecule has 1 aromatic heterocycles. The number of hydrogen-bond acceptors (Lipinski definition) is 5. The molecule has 178 valence electrons. The molecule has 2 aromatic carbocycles. The molecule has 0 saturated carbocycles. The fraction of sp³-hybridized carbons (Fsp3) is 0.227. The number of anilines is 1. The summed E-state index contributed by atoms with van der Waals surface area (Å²) in [5.41, 5.74) is 4.93. The number of nitrogen functional groups attached to an aromatic ring is 1. The summed E-state index contributed by atoms with van der Waals surface area (Å²) in [6.07, 6.45) is -4.69. The van der Waals surface area contributed by atoms with E-state index in [2.05, 4.69) is 10.4 Å². The summed E-state index contributed by atoms with van der Waals surface area (Å²) < 4.78 is 73.1. The lowest BCUT2D eigenvalue weighted by Crippen LogP contribution is -2.25. The number of rotatable bonds is 6. The van der Waals surface area contributed by atoms with Crippen molar-refractivity contribution in [2.45, 2.75) is 25.7 Å². The molecule has 0 spiro atoms. The van der Waals surface area contributed by atoms with E-state index >= 15 is 0 Å². The van der Waals surface area contributed by atoms with Crippen LogP contribution in [0.4, 0.5) is 27.8 Å². The Morgan fingerprint density at radius 2 is 1.97 bits per heavy atom. The normalized spacial score (nSPS) is 12.2. The van der Waals surface area contributed by atoms with Crippen molar-refractivity contribution in [1.29, 1.82) is 5.26 Å². The maximum atomic E-state index is 14.8. The number of carbonyl (C=O) groups excluding carboxylic acids is 1. The van der Waals surface area contributed by atoms with E-state index in [0.717, 1.165) is 25.1 Å². The first-order valence-electron chi connectivity index (χ1n) is 9.73. The molecular weight excluding hydrogens is 461 g/mol. The predicted octanol–water partition coefficient (Wildman–Crippen LogP) is 4.34. The molecule has 1 atom stereocenters. The van der Waals surface area contributed by atoms with Gasteiger partial charge in [0.15, 0.2) is 0 Å². The molecule has 0 radical (unpaired) electrons. The summed E-state index contributed by atoms with van der Waals surface area (Å²) in [5, 5.41) is 15.6. The molecule has 34 heavy (non-hydrogen) atoms. The zero-order chi connectivity index (χ0) is 25.2. The maximum Gasteiger partial charge on any atom is 0.410 e. The van der Waals surface area contributed by atoms with Crippen LogP contribution in [0.2, 0.25) is 0 Å². The van der Waals surface area contributed by atoms with E-state index in [9.17, 15) is 32.0 Å². The summed E-state index contributed by atoms with van der Waals surface area (Å²) in [4.78, 5) is 12.4. The Kier molecular flexibility index (Phi) is 6.76. The number of alkyl halides is 3. The first-order chi connectivity index (χ1) is 16.0. The van der Waals surface area contributed by atoms with Gasteiger partial charge in [-0.2, -0.15) is 23.5 Å². The standard InChI is InChI=1S/C22H18F5N5O2/c1-11(22(25,26)27)32-20(29)16(9-28)19(31-32)14-5-3-12(7-17(14)24)10-30-21(33)15-8-13(23)4-6-18(15)34-2/h3-8,11H,10,29H2,1-2H3,(H,30,33).